The summed E-state index contributed by atoms with van der Waals surface area (Å²) < 4.78 is 32.4. The number of carbonyl (C=O) groups excluding carboxylic acids is 2. The third kappa shape index (κ3) is 2.91. The highest BCUT2D eigenvalue weighted by molar-refractivity contribution is 6.11. The van der Waals surface area contributed by atoms with E-state index >= 15 is 0 Å². The van der Waals surface area contributed by atoms with Crippen LogP contribution in [0.4, 0.5) is 20.3 Å². The maximum Gasteiger partial charge on any atom is 0.344 e. The second-order valence-electron chi connectivity index (χ2n) is 7.41. The molecule has 1 aromatic heterocycles. The number of pyridine rings is 1. The number of amides is 1. The lowest BCUT2D eigenvalue weighted by Crippen LogP contribution is -2.35. The number of cyclic esters (lactones) is 1. The van der Waals surface area contributed by atoms with Gasteiger partial charge in [-0.05, 0) is 67.1 Å². The van der Waals surface area contributed by atoms with Crippen molar-refractivity contribution >= 4 is 35.2 Å². The molecule has 0 saturated carbocycles. The number of hydrogen-bond acceptors (Lipinski definition) is 5. The first-order chi connectivity index (χ1) is 14.8. The predicted molar refractivity (Wildman–Crippen MR) is 107 cm³/mol. The molecule has 0 spiro atoms. The highest BCUT2D eigenvalue weighted by Crippen LogP contribution is 2.44. The number of anilines is 2. The van der Waals surface area contributed by atoms with E-state index in [1.807, 2.05) is 0 Å². The highest BCUT2D eigenvalue weighted by atomic mass is 19.1. The van der Waals surface area contributed by atoms with Gasteiger partial charge in [0.05, 0.1) is 11.3 Å². The molecule has 3 aromatic rings. The molecule has 0 bridgehead atoms. The summed E-state index contributed by atoms with van der Waals surface area (Å²) in [7, 11) is 0. The smallest absolute Gasteiger partial charge is 0.344 e. The van der Waals surface area contributed by atoms with Crippen LogP contribution in [0.15, 0.2) is 54.7 Å². The Labute approximate surface area is 175 Å². The zero-order chi connectivity index (χ0) is 21.9. The molecule has 31 heavy (non-hydrogen) atoms. The summed E-state index contributed by atoms with van der Waals surface area (Å²) in [5, 5.41) is 10.6. The molecule has 6 nitrogen and oxygen atoms in total. The van der Waals surface area contributed by atoms with Gasteiger partial charge < -0.3 is 9.84 Å². The van der Waals surface area contributed by atoms with Crippen molar-refractivity contribution in [1.29, 1.82) is 0 Å². The minimum absolute atomic E-state index is 0.127. The van der Waals surface area contributed by atoms with Crippen molar-refractivity contribution in [2.45, 2.75) is 12.5 Å². The van der Waals surface area contributed by atoms with Crippen LogP contribution in [0.5, 0.6) is 0 Å². The number of nitrogens with zero attached hydrogens (tertiary/aromatic N) is 2. The molecule has 2 aromatic carbocycles. The number of benzene rings is 2. The molecule has 5 rings (SSSR count). The number of rotatable bonds is 2. The lowest BCUT2D eigenvalue weighted by molar-refractivity contribution is -0.133. The van der Waals surface area contributed by atoms with E-state index in [2.05, 4.69) is 4.98 Å². The van der Waals surface area contributed by atoms with Crippen molar-refractivity contribution in [1.82, 2.24) is 4.98 Å². The molecule has 0 saturated heterocycles. The number of ether oxygens (including phenoxy) is 1. The number of aliphatic hydroxyl groups is 1. The zero-order valence-corrected chi connectivity index (χ0v) is 16.1. The molecule has 1 atom stereocenters. The Morgan fingerprint density at radius 2 is 1.77 bits per heavy atom. The van der Waals surface area contributed by atoms with Crippen LogP contribution in [0.2, 0.25) is 0 Å². The van der Waals surface area contributed by atoms with E-state index in [1.54, 1.807) is 18.2 Å². The Hall–Kier alpha value is -3.91. The number of fused-ring (bicyclic) bond motifs is 2. The Balaban J connectivity index is 1.57. The first kappa shape index (κ1) is 19.1. The van der Waals surface area contributed by atoms with Crippen molar-refractivity contribution < 1.29 is 28.2 Å². The summed E-state index contributed by atoms with van der Waals surface area (Å²) in [4.78, 5) is 30.3. The van der Waals surface area contributed by atoms with E-state index in [4.69, 9.17) is 4.74 Å². The van der Waals surface area contributed by atoms with Crippen molar-refractivity contribution in [3.05, 3.63) is 88.6 Å². The van der Waals surface area contributed by atoms with Crippen LogP contribution in [-0.2, 0) is 15.1 Å². The number of halogens is 2. The second-order valence-corrected chi connectivity index (χ2v) is 7.41. The van der Waals surface area contributed by atoms with Crippen LogP contribution in [0.3, 0.4) is 0 Å². The molecule has 1 amide bonds. The fourth-order valence-corrected chi connectivity index (χ4v) is 3.78. The van der Waals surface area contributed by atoms with Crippen molar-refractivity contribution in [3.8, 4) is 0 Å². The Morgan fingerprint density at radius 3 is 2.58 bits per heavy atom. The monoisotopic (exact) mass is 420 g/mol. The van der Waals surface area contributed by atoms with Gasteiger partial charge in [-0.2, -0.15) is 0 Å². The first-order valence-corrected chi connectivity index (χ1v) is 9.32. The van der Waals surface area contributed by atoms with E-state index in [9.17, 15) is 23.5 Å². The molecule has 0 fully saturated rings. The zero-order valence-electron chi connectivity index (χ0n) is 16.1. The highest BCUT2D eigenvalue weighted by Gasteiger charge is 2.47. The van der Waals surface area contributed by atoms with Gasteiger partial charge in [0, 0.05) is 17.3 Å². The van der Waals surface area contributed by atoms with Crippen LogP contribution in [-0.4, -0.2) is 22.0 Å². The molecule has 1 unspecified atom stereocenters. The van der Waals surface area contributed by atoms with Crippen molar-refractivity contribution in [2.75, 3.05) is 4.90 Å². The Morgan fingerprint density at radius 1 is 1.03 bits per heavy atom. The second kappa shape index (κ2) is 6.55. The third-order valence-corrected chi connectivity index (χ3v) is 5.31. The number of carbonyl (C=O) groups is 2. The molecule has 8 heteroatoms. The van der Waals surface area contributed by atoms with Gasteiger partial charge in [0.1, 0.15) is 23.2 Å². The van der Waals surface area contributed by atoms with Gasteiger partial charge in [-0.15, -0.1) is 0 Å². The quantitative estimate of drug-likeness (QED) is 0.636. The van der Waals surface area contributed by atoms with Crippen LogP contribution < -0.4 is 4.90 Å². The Kier molecular flexibility index (Phi) is 4.03. The largest absolute Gasteiger partial charge is 0.422 e. The molecule has 2 aliphatic rings. The lowest BCUT2D eigenvalue weighted by Gasteiger charge is -2.19. The summed E-state index contributed by atoms with van der Waals surface area (Å²) in [6, 6.07) is 10.7. The summed E-state index contributed by atoms with van der Waals surface area (Å²) in [5.41, 5.74) is -0.316. The first-order valence-electron chi connectivity index (χ1n) is 9.32. The van der Waals surface area contributed by atoms with Gasteiger partial charge in [0.25, 0.3) is 5.91 Å². The fraction of sp³-hybridized carbons (Fsp3) is 0.0870. The molecule has 3 heterocycles. The summed E-state index contributed by atoms with van der Waals surface area (Å²) in [6.45, 7) is 1.30. The van der Waals surface area contributed by atoms with Crippen LogP contribution >= 0.6 is 0 Å². The van der Waals surface area contributed by atoms with E-state index in [-0.39, 0.29) is 22.7 Å². The maximum atomic E-state index is 13.7. The maximum absolute atomic E-state index is 13.7. The van der Waals surface area contributed by atoms with Gasteiger partial charge in [-0.3, -0.25) is 9.69 Å². The van der Waals surface area contributed by atoms with E-state index in [0.717, 1.165) is 12.1 Å². The molecule has 0 radical (unpaired) electrons. The minimum atomic E-state index is -1.91. The van der Waals surface area contributed by atoms with E-state index in [1.165, 1.54) is 42.3 Å². The predicted octanol–water partition coefficient (Wildman–Crippen LogP) is 3.91. The molecule has 1 N–H and O–H groups in total. The van der Waals surface area contributed by atoms with Gasteiger partial charge in [-0.25, -0.2) is 18.6 Å². The number of hydrogen-bond donors (Lipinski definition) is 1. The molecular weight excluding hydrogens is 406 g/mol. The summed E-state index contributed by atoms with van der Waals surface area (Å²) >= 11 is 0. The normalized spacial score (nSPS) is 20.8. The minimum Gasteiger partial charge on any atom is -0.422 e. The molecule has 0 aliphatic carbocycles. The van der Waals surface area contributed by atoms with Crippen molar-refractivity contribution in [3.63, 3.8) is 0 Å². The van der Waals surface area contributed by atoms with Crippen LogP contribution in [0, 0.1) is 11.6 Å². The topological polar surface area (TPSA) is 79.7 Å². The molecule has 2 aliphatic heterocycles. The third-order valence-electron chi connectivity index (χ3n) is 5.31. The van der Waals surface area contributed by atoms with Gasteiger partial charge >= 0.3 is 5.97 Å². The van der Waals surface area contributed by atoms with Crippen LogP contribution in [0.25, 0.3) is 11.8 Å². The van der Waals surface area contributed by atoms with E-state index < -0.39 is 29.1 Å². The van der Waals surface area contributed by atoms with Gasteiger partial charge in [-0.1, -0.05) is 0 Å². The lowest BCUT2D eigenvalue weighted by atomic mass is 9.98. The number of aromatic nitrogens is 1. The summed E-state index contributed by atoms with van der Waals surface area (Å²) in [6.07, 6.45) is 3.02. The standard InChI is InChI=1S/C23H14F2N2O4/c1-23(30)17-11-14(25)3-5-18(17)27(22(23)29)20-9-12(6-7-26-20)8-19-15-4-2-13(24)10-16(15)21(28)31-19/h2-11,30H,1H3. The molecule has 154 valence electrons. The van der Waals surface area contributed by atoms with E-state index in [0.29, 0.717) is 16.8 Å². The average Bonchev–Trinajstić information content (AvgIpc) is 3.13. The fourth-order valence-electron chi connectivity index (χ4n) is 3.78. The SMILES string of the molecule is CC1(O)C(=O)N(c2cc(C=C3OC(=O)c4cc(F)ccc43)ccn2)c2ccc(F)cc21. The average molecular weight is 420 g/mol. The molecular formula is C23H14F2N2O4. The Bertz CT molecular complexity index is 1320. The van der Waals surface area contributed by atoms with Gasteiger partial charge in [0.15, 0.2) is 5.60 Å². The van der Waals surface area contributed by atoms with Crippen molar-refractivity contribution in [2.24, 2.45) is 0 Å². The van der Waals surface area contributed by atoms with Crippen LogP contribution in [0.1, 0.15) is 34.0 Å². The summed E-state index contributed by atoms with van der Waals surface area (Å²) in [5.74, 6) is -2.00. The van der Waals surface area contributed by atoms with Gasteiger partial charge in [0.2, 0.25) is 0 Å². The number of esters is 1.